The monoisotopic (exact) mass is 396 g/mol. The van der Waals surface area contributed by atoms with Crippen LogP contribution in [0.1, 0.15) is 33.0 Å². The second-order valence-electron chi connectivity index (χ2n) is 7.59. The number of hydrogen-bond acceptors (Lipinski definition) is 4. The minimum atomic E-state index is -0.608. The number of rotatable bonds is 1. The molecule has 3 heterocycles. The summed E-state index contributed by atoms with van der Waals surface area (Å²) in [7, 11) is 1.60. The molecule has 146 valence electrons. The molecule has 1 aliphatic heterocycles. The van der Waals surface area contributed by atoms with Gasteiger partial charge in [-0.3, -0.25) is 19.1 Å². The van der Waals surface area contributed by atoms with E-state index in [9.17, 15) is 14.4 Å². The molecule has 1 aliphatic carbocycles. The highest BCUT2D eigenvalue weighted by Gasteiger charge is 2.42. The van der Waals surface area contributed by atoms with E-state index in [1.54, 1.807) is 13.1 Å². The van der Waals surface area contributed by atoms with Crippen LogP contribution in [-0.4, -0.2) is 20.3 Å². The maximum absolute atomic E-state index is 13.5. The maximum atomic E-state index is 13.5. The standard InChI is InChI=1S/C23H16N4O3/c1-27-21-18(22(29)26-23(27)30)16(14-10-24-15-9-5-4-6-11(14)15)17-19(25-21)12-7-2-3-8-13(12)20(17)28/h2-10,16,24-25H,1H3,(H,26,29,30)/t16-/m0/s1. The van der Waals surface area contributed by atoms with Crippen molar-refractivity contribution in [2.45, 2.75) is 5.92 Å². The number of carbonyl (C=O) groups excluding carboxylic acids is 1. The molecule has 0 unspecified atom stereocenters. The van der Waals surface area contributed by atoms with Gasteiger partial charge in [-0.1, -0.05) is 42.5 Å². The summed E-state index contributed by atoms with van der Waals surface area (Å²) in [4.78, 5) is 44.4. The fourth-order valence-electron chi connectivity index (χ4n) is 4.68. The first-order valence-electron chi connectivity index (χ1n) is 9.60. The third-order valence-electron chi connectivity index (χ3n) is 6.07. The Bertz CT molecular complexity index is 1550. The fraction of sp³-hybridized carbons (Fsp3) is 0.0870. The van der Waals surface area contributed by atoms with Crippen molar-refractivity contribution in [3.63, 3.8) is 0 Å². The zero-order valence-corrected chi connectivity index (χ0v) is 15.9. The molecule has 30 heavy (non-hydrogen) atoms. The number of aromatic nitrogens is 3. The first-order valence-corrected chi connectivity index (χ1v) is 9.60. The molecular weight excluding hydrogens is 380 g/mol. The number of para-hydroxylation sites is 1. The largest absolute Gasteiger partial charge is 0.361 e. The van der Waals surface area contributed by atoms with Gasteiger partial charge in [0.25, 0.3) is 5.56 Å². The van der Waals surface area contributed by atoms with Crippen LogP contribution in [-0.2, 0) is 7.05 Å². The molecule has 7 heteroatoms. The number of anilines is 1. The number of aromatic amines is 2. The summed E-state index contributed by atoms with van der Waals surface area (Å²) in [5, 5.41) is 4.16. The summed E-state index contributed by atoms with van der Waals surface area (Å²) in [5.74, 6) is -0.313. The zero-order valence-electron chi connectivity index (χ0n) is 15.9. The molecule has 0 fully saturated rings. The molecule has 0 amide bonds. The summed E-state index contributed by atoms with van der Waals surface area (Å²) in [6, 6.07) is 15.1. The molecule has 1 atom stereocenters. The number of nitrogens with one attached hydrogen (secondary N) is 3. The number of fused-ring (bicyclic) bond motifs is 4. The molecule has 6 rings (SSSR count). The minimum absolute atomic E-state index is 0.109. The van der Waals surface area contributed by atoms with Crippen molar-refractivity contribution in [2.75, 3.05) is 5.32 Å². The second kappa shape index (κ2) is 5.70. The van der Waals surface area contributed by atoms with E-state index in [1.807, 2.05) is 48.7 Å². The lowest BCUT2D eigenvalue weighted by atomic mass is 9.81. The maximum Gasteiger partial charge on any atom is 0.329 e. The molecule has 0 saturated heterocycles. The van der Waals surface area contributed by atoms with Gasteiger partial charge in [-0.2, -0.15) is 0 Å². The third-order valence-corrected chi connectivity index (χ3v) is 6.07. The number of benzene rings is 2. The van der Waals surface area contributed by atoms with Crippen molar-refractivity contribution < 1.29 is 4.79 Å². The van der Waals surface area contributed by atoms with Crippen molar-refractivity contribution in [3.8, 4) is 0 Å². The number of Topliss-reactive ketones (excluding diaryl/α,β-unsaturated/α-hetero) is 1. The normalized spacial score (nSPS) is 17.0. The Balaban J connectivity index is 1.74. The molecule has 2 aromatic carbocycles. The van der Waals surface area contributed by atoms with Crippen LogP contribution in [0, 0.1) is 0 Å². The molecule has 0 bridgehead atoms. The Kier molecular flexibility index (Phi) is 3.19. The van der Waals surface area contributed by atoms with E-state index in [0.29, 0.717) is 28.2 Å². The summed E-state index contributed by atoms with van der Waals surface area (Å²) >= 11 is 0. The van der Waals surface area contributed by atoms with Crippen molar-refractivity contribution in [1.82, 2.24) is 14.5 Å². The Hall–Kier alpha value is -4.13. The van der Waals surface area contributed by atoms with Gasteiger partial charge in [0.05, 0.1) is 17.2 Å². The van der Waals surface area contributed by atoms with Crippen molar-refractivity contribution in [2.24, 2.45) is 7.05 Å². The zero-order chi connectivity index (χ0) is 20.6. The van der Waals surface area contributed by atoms with Gasteiger partial charge in [0.1, 0.15) is 5.82 Å². The summed E-state index contributed by atoms with van der Waals surface area (Å²) in [6.07, 6.45) is 1.84. The molecule has 0 saturated carbocycles. The number of nitrogens with zero attached hydrogens (tertiary/aromatic N) is 1. The molecular formula is C23H16N4O3. The molecule has 7 nitrogen and oxygen atoms in total. The number of hydrogen-bond donors (Lipinski definition) is 3. The van der Waals surface area contributed by atoms with Crippen LogP contribution in [0.2, 0.25) is 0 Å². The number of carbonyl (C=O) groups is 1. The average molecular weight is 396 g/mol. The van der Waals surface area contributed by atoms with Gasteiger partial charge in [-0.25, -0.2) is 4.79 Å². The fourth-order valence-corrected chi connectivity index (χ4v) is 4.68. The average Bonchev–Trinajstić information content (AvgIpc) is 3.31. The second-order valence-corrected chi connectivity index (χ2v) is 7.59. The molecule has 4 aromatic rings. The van der Waals surface area contributed by atoms with Crippen LogP contribution in [0.3, 0.4) is 0 Å². The van der Waals surface area contributed by atoms with Gasteiger partial charge in [0, 0.05) is 40.8 Å². The van der Waals surface area contributed by atoms with Crippen molar-refractivity contribution in [1.29, 1.82) is 0 Å². The Labute approximate surface area is 169 Å². The van der Waals surface area contributed by atoms with Crippen molar-refractivity contribution in [3.05, 3.63) is 103 Å². The van der Waals surface area contributed by atoms with Crippen molar-refractivity contribution >= 4 is 28.2 Å². The van der Waals surface area contributed by atoms with Gasteiger partial charge >= 0.3 is 5.69 Å². The molecule has 0 radical (unpaired) electrons. The number of ketones is 1. The lowest BCUT2D eigenvalue weighted by molar-refractivity contribution is 0.103. The summed E-state index contributed by atoms with van der Waals surface area (Å²) in [5.41, 5.74) is 3.65. The molecule has 2 aromatic heterocycles. The van der Waals surface area contributed by atoms with E-state index in [0.717, 1.165) is 22.0 Å². The van der Waals surface area contributed by atoms with Crippen LogP contribution in [0.15, 0.2) is 69.9 Å². The van der Waals surface area contributed by atoms with E-state index in [4.69, 9.17) is 0 Å². The van der Waals surface area contributed by atoms with E-state index in [2.05, 4.69) is 15.3 Å². The molecule has 2 aliphatic rings. The van der Waals surface area contributed by atoms with Gasteiger partial charge in [0.15, 0.2) is 5.78 Å². The number of allylic oxidation sites excluding steroid dienone is 1. The quantitative estimate of drug-likeness (QED) is 0.461. The first-order chi connectivity index (χ1) is 14.6. The summed E-state index contributed by atoms with van der Waals surface area (Å²) < 4.78 is 1.38. The Morgan fingerprint density at radius 3 is 2.50 bits per heavy atom. The number of H-pyrrole nitrogens is 2. The third kappa shape index (κ3) is 2.01. The molecule has 0 spiro atoms. The SMILES string of the molecule is Cn1c2c(c(=O)[nH]c1=O)[C@@H](c1c[nH]c3ccccc13)C1=C(N2)c2ccccc2C1=O. The van der Waals surface area contributed by atoms with Gasteiger partial charge in [-0.15, -0.1) is 0 Å². The lowest BCUT2D eigenvalue weighted by Crippen LogP contribution is -2.37. The van der Waals surface area contributed by atoms with Crippen LogP contribution in [0.25, 0.3) is 16.6 Å². The topological polar surface area (TPSA) is 99.8 Å². The van der Waals surface area contributed by atoms with E-state index >= 15 is 0 Å². The predicted molar refractivity (Wildman–Crippen MR) is 114 cm³/mol. The van der Waals surface area contributed by atoms with E-state index in [1.165, 1.54) is 4.57 Å². The van der Waals surface area contributed by atoms with Gasteiger partial charge in [-0.05, 0) is 11.6 Å². The Morgan fingerprint density at radius 1 is 0.933 bits per heavy atom. The summed E-state index contributed by atoms with van der Waals surface area (Å²) in [6.45, 7) is 0. The van der Waals surface area contributed by atoms with Crippen LogP contribution < -0.4 is 16.6 Å². The van der Waals surface area contributed by atoms with E-state index < -0.39 is 17.2 Å². The smallest absolute Gasteiger partial charge is 0.329 e. The van der Waals surface area contributed by atoms with E-state index in [-0.39, 0.29) is 5.78 Å². The first kappa shape index (κ1) is 16.8. The van der Waals surface area contributed by atoms with Crippen LogP contribution in [0.5, 0.6) is 0 Å². The van der Waals surface area contributed by atoms with Gasteiger partial charge < -0.3 is 10.3 Å². The highest BCUT2D eigenvalue weighted by atomic mass is 16.2. The lowest BCUT2D eigenvalue weighted by Gasteiger charge is -2.28. The van der Waals surface area contributed by atoms with Crippen LogP contribution in [0.4, 0.5) is 5.82 Å². The van der Waals surface area contributed by atoms with Gasteiger partial charge in [0.2, 0.25) is 0 Å². The van der Waals surface area contributed by atoms with Crippen LogP contribution >= 0.6 is 0 Å². The Morgan fingerprint density at radius 2 is 1.67 bits per heavy atom. The molecule has 3 N–H and O–H groups in total. The highest BCUT2D eigenvalue weighted by Crippen LogP contribution is 2.48. The highest BCUT2D eigenvalue weighted by molar-refractivity contribution is 6.24. The predicted octanol–water partition coefficient (Wildman–Crippen LogP) is 2.72. The minimum Gasteiger partial charge on any atom is -0.361 e.